The van der Waals surface area contributed by atoms with Crippen LogP contribution in [-0.2, 0) is 19.8 Å². The molecule has 0 aliphatic rings. The fourth-order valence-electron chi connectivity index (χ4n) is 2.13. The highest BCUT2D eigenvalue weighted by Gasteiger charge is 2.32. The molecule has 0 saturated carbocycles. The highest BCUT2D eigenvalue weighted by molar-refractivity contribution is 5.73. The maximum Gasteiger partial charge on any atom is 0.416 e. The number of rotatable bonds is 1. The zero-order chi connectivity index (χ0) is 12.8. The molecule has 2 nitrogen and oxygen atoms in total. The minimum absolute atomic E-state index is 0.599. The molecule has 1 aromatic carbocycles. The Morgan fingerprint density at radius 1 is 1.29 bits per heavy atom. The van der Waals surface area contributed by atoms with E-state index in [9.17, 15) is 13.2 Å². The Morgan fingerprint density at radius 3 is 2.47 bits per heavy atom. The van der Waals surface area contributed by atoms with E-state index in [2.05, 4.69) is 0 Å². The number of nitrogens with zero attached hydrogens (tertiary/aromatic N) is 2. The van der Waals surface area contributed by atoms with E-state index in [0.29, 0.717) is 12.1 Å². The van der Waals surface area contributed by atoms with Crippen LogP contribution in [0.3, 0.4) is 0 Å². The van der Waals surface area contributed by atoms with Crippen molar-refractivity contribution in [3.63, 3.8) is 0 Å². The van der Waals surface area contributed by atoms with E-state index in [1.807, 2.05) is 30.0 Å². The van der Waals surface area contributed by atoms with Crippen LogP contribution in [0.2, 0.25) is 0 Å². The van der Waals surface area contributed by atoms with Crippen molar-refractivity contribution < 1.29 is 17.7 Å². The molecule has 0 fully saturated rings. The Hall–Kier alpha value is -1.52. The summed E-state index contributed by atoms with van der Waals surface area (Å²) in [6.45, 7) is 4.48. The smallest absolute Gasteiger partial charge is 0.230 e. The number of aromatic nitrogens is 2. The second kappa shape index (κ2) is 3.75. The van der Waals surface area contributed by atoms with Crippen molar-refractivity contribution in [2.45, 2.75) is 26.6 Å². The second-order valence-corrected chi connectivity index (χ2v) is 4.05. The van der Waals surface area contributed by atoms with Crippen LogP contribution in [0.1, 0.15) is 18.3 Å². The monoisotopic (exact) mass is 243 g/mol. The van der Waals surface area contributed by atoms with Gasteiger partial charge < -0.3 is 0 Å². The quantitative estimate of drug-likeness (QED) is 0.681. The summed E-state index contributed by atoms with van der Waals surface area (Å²) in [7, 11) is 1.86. The van der Waals surface area contributed by atoms with E-state index in [4.69, 9.17) is 0 Å². The number of aryl methyl sites for hydroxylation is 2. The molecule has 0 radical (unpaired) electrons. The zero-order valence-electron chi connectivity index (χ0n) is 9.97. The normalized spacial score (nSPS) is 12.4. The molecule has 2 aromatic rings. The molecule has 5 heteroatoms. The first kappa shape index (κ1) is 12.0. The highest BCUT2D eigenvalue weighted by atomic mass is 19.4. The van der Waals surface area contributed by atoms with Crippen LogP contribution >= 0.6 is 0 Å². The topological polar surface area (TPSA) is 8.81 Å². The maximum atomic E-state index is 12.6. The van der Waals surface area contributed by atoms with Crippen LogP contribution < -0.4 is 4.57 Å². The molecule has 2 rings (SSSR count). The van der Waals surface area contributed by atoms with Gasteiger partial charge in [-0.15, -0.1) is 0 Å². The molecule has 0 N–H and O–H groups in total. The molecular weight excluding hydrogens is 229 g/mol. The van der Waals surface area contributed by atoms with Crippen molar-refractivity contribution in [3.05, 3.63) is 29.6 Å². The number of hydrogen-bond donors (Lipinski definition) is 0. The van der Waals surface area contributed by atoms with Gasteiger partial charge in [-0.05, 0) is 19.1 Å². The Morgan fingerprint density at radius 2 is 1.94 bits per heavy atom. The zero-order valence-corrected chi connectivity index (χ0v) is 9.97. The molecule has 0 aliphatic heterocycles. The van der Waals surface area contributed by atoms with Gasteiger partial charge in [0.15, 0.2) is 11.0 Å². The lowest BCUT2D eigenvalue weighted by molar-refractivity contribution is -0.652. The summed E-state index contributed by atoms with van der Waals surface area (Å²) in [4.78, 5) is 0. The van der Waals surface area contributed by atoms with E-state index in [1.165, 1.54) is 12.1 Å². The van der Waals surface area contributed by atoms with Gasteiger partial charge in [0.2, 0.25) is 0 Å². The van der Waals surface area contributed by atoms with Crippen molar-refractivity contribution >= 4 is 11.0 Å². The van der Waals surface area contributed by atoms with Crippen LogP contribution in [0.25, 0.3) is 11.0 Å². The molecule has 1 heterocycles. The Labute approximate surface area is 97.3 Å². The van der Waals surface area contributed by atoms with E-state index >= 15 is 0 Å². The number of imidazole rings is 1. The summed E-state index contributed by atoms with van der Waals surface area (Å²) >= 11 is 0. The summed E-state index contributed by atoms with van der Waals surface area (Å²) < 4.78 is 41.7. The van der Waals surface area contributed by atoms with E-state index in [1.54, 1.807) is 0 Å². The second-order valence-electron chi connectivity index (χ2n) is 4.05. The SMILES string of the molecule is CCn1c(C)[n+](C)c2ccc(C(F)(F)F)cc21. The van der Waals surface area contributed by atoms with Crippen LogP contribution in [0, 0.1) is 6.92 Å². The van der Waals surface area contributed by atoms with Gasteiger partial charge in [0.25, 0.3) is 5.82 Å². The number of halogens is 3. The lowest BCUT2D eigenvalue weighted by Gasteiger charge is -2.05. The van der Waals surface area contributed by atoms with Gasteiger partial charge in [0.05, 0.1) is 19.2 Å². The molecule has 0 aliphatic carbocycles. The lowest BCUT2D eigenvalue weighted by atomic mass is 10.2. The van der Waals surface area contributed by atoms with Crippen LogP contribution in [0.5, 0.6) is 0 Å². The van der Waals surface area contributed by atoms with Gasteiger partial charge in [-0.25, -0.2) is 9.13 Å². The maximum absolute atomic E-state index is 12.6. The van der Waals surface area contributed by atoms with Gasteiger partial charge in [0.1, 0.15) is 0 Å². The molecule has 92 valence electrons. The number of hydrogen-bond acceptors (Lipinski definition) is 0. The first-order chi connectivity index (χ1) is 7.86. The van der Waals surface area contributed by atoms with E-state index < -0.39 is 11.7 Å². The Bertz CT molecular complexity index is 567. The summed E-state index contributed by atoms with van der Waals surface area (Å²) in [5.74, 6) is 0.946. The van der Waals surface area contributed by atoms with Crippen molar-refractivity contribution in [1.82, 2.24) is 4.57 Å². The van der Waals surface area contributed by atoms with Gasteiger partial charge in [-0.2, -0.15) is 13.2 Å². The number of fused-ring (bicyclic) bond motifs is 1. The van der Waals surface area contributed by atoms with Crippen molar-refractivity contribution in [3.8, 4) is 0 Å². The Kier molecular flexibility index (Phi) is 2.64. The molecule has 0 atom stereocenters. The largest absolute Gasteiger partial charge is 0.416 e. The van der Waals surface area contributed by atoms with Crippen molar-refractivity contribution in [1.29, 1.82) is 0 Å². The van der Waals surface area contributed by atoms with Crippen LogP contribution in [0.15, 0.2) is 18.2 Å². The number of alkyl halides is 3. The van der Waals surface area contributed by atoms with Gasteiger partial charge in [0, 0.05) is 13.0 Å². The summed E-state index contributed by atoms with van der Waals surface area (Å²) in [5.41, 5.74) is 0.845. The Balaban J connectivity index is 2.77. The number of benzene rings is 1. The third-order valence-corrected chi connectivity index (χ3v) is 3.15. The highest BCUT2D eigenvalue weighted by Crippen LogP contribution is 2.31. The molecular formula is C12H14F3N2+. The van der Waals surface area contributed by atoms with Gasteiger partial charge in [-0.1, -0.05) is 0 Å². The van der Waals surface area contributed by atoms with Gasteiger partial charge >= 0.3 is 6.18 Å². The molecule has 17 heavy (non-hydrogen) atoms. The summed E-state index contributed by atoms with van der Waals surface area (Å²) in [5, 5.41) is 0. The predicted molar refractivity (Wildman–Crippen MR) is 58.5 cm³/mol. The van der Waals surface area contributed by atoms with E-state index in [-0.39, 0.29) is 0 Å². The molecule has 0 amide bonds. The lowest BCUT2D eigenvalue weighted by Crippen LogP contribution is -2.30. The van der Waals surface area contributed by atoms with E-state index in [0.717, 1.165) is 17.4 Å². The molecule has 1 aromatic heterocycles. The van der Waals surface area contributed by atoms with Crippen molar-refractivity contribution in [2.75, 3.05) is 0 Å². The predicted octanol–water partition coefficient (Wildman–Crippen LogP) is 2.81. The summed E-state index contributed by atoms with van der Waals surface area (Å²) in [6, 6.07) is 3.87. The fraction of sp³-hybridized carbons (Fsp3) is 0.417. The molecule has 0 spiro atoms. The molecule has 0 saturated heterocycles. The minimum atomic E-state index is -4.29. The molecule has 0 bridgehead atoms. The van der Waals surface area contributed by atoms with Gasteiger partial charge in [-0.3, -0.25) is 0 Å². The average Bonchev–Trinajstić information content (AvgIpc) is 2.50. The third-order valence-electron chi connectivity index (χ3n) is 3.15. The third kappa shape index (κ3) is 1.79. The van der Waals surface area contributed by atoms with Crippen LogP contribution in [0.4, 0.5) is 13.2 Å². The minimum Gasteiger partial charge on any atom is -0.230 e. The first-order valence-corrected chi connectivity index (χ1v) is 5.42. The first-order valence-electron chi connectivity index (χ1n) is 5.42. The van der Waals surface area contributed by atoms with Crippen molar-refractivity contribution in [2.24, 2.45) is 7.05 Å². The average molecular weight is 243 g/mol. The molecule has 0 unspecified atom stereocenters. The standard InChI is InChI=1S/C12H14F3N2/c1-4-17-8(2)16(3)10-6-5-9(7-11(10)17)12(13,14)15/h5-7H,4H2,1-3H3/q+1. The summed E-state index contributed by atoms with van der Waals surface area (Å²) in [6.07, 6.45) is -4.29. The fourth-order valence-corrected chi connectivity index (χ4v) is 2.13. The van der Waals surface area contributed by atoms with Crippen LogP contribution in [-0.4, -0.2) is 4.57 Å².